The molecule has 0 amide bonds. The summed E-state index contributed by atoms with van der Waals surface area (Å²) >= 11 is 2.28. The molecule has 1 N–H and O–H groups in total. The van der Waals surface area contributed by atoms with E-state index in [1.807, 2.05) is 43.3 Å². The molecule has 1 aromatic carbocycles. The molecule has 0 bridgehead atoms. The van der Waals surface area contributed by atoms with Crippen LogP contribution in [0.15, 0.2) is 29.4 Å². The normalized spacial score (nSPS) is 14.8. The molecule has 2 heterocycles. The molecule has 0 aliphatic carbocycles. The van der Waals surface area contributed by atoms with Crippen molar-refractivity contribution in [2.45, 2.75) is 0 Å². The molecule has 1 saturated heterocycles. The highest BCUT2D eigenvalue weighted by Gasteiger charge is 2.17. The summed E-state index contributed by atoms with van der Waals surface area (Å²) in [5.74, 6) is 1.64. The number of morpholine rings is 1. The molecule has 2 aromatic rings. The lowest BCUT2D eigenvalue weighted by Crippen LogP contribution is -2.37. The number of hydrazone groups is 1. The zero-order valence-corrected chi connectivity index (χ0v) is 16.3. The number of nitrogens with one attached hydrogen (secondary N) is 1. The predicted octanol–water partition coefficient (Wildman–Crippen LogP) is 1.82. The third kappa shape index (κ3) is 4.75. The van der Waals surface area contributed by atoms with Crippen LogP contribution in [0.4, 0.5) is 17.8 Å². The summed E-state index contributed by atoms with van der Waals surface area (Å²) in [6.45, 7) is 2.89. The van der Waals surface area contributed by atoms with Gasteiger partial charge in [-0.1, -0.05) is 18.2 Å². The molecule has 0 unspecified atom stereocenters. The van der Waals surface area contributed by atoms with Crippen molar-refractivity contribution in [1.82, 2.24) is 15.0 Å². The molecule has 0 saturated carbocycles. The van der Waals surface area contributed by atoms with Crippen molar-refractivity contribution in [1.29, 1.82) is 0 Å². The van der Waals surface area contributed by atoms with Crippen molar-refractivity contribution in [2.75, 3.05) is 55.6 Å². The van der Waals surface area contributed by atoms with Gasteiger partial charge in [-0.15, -0.1) is 0 Å². The van der Waals surface area contributed by atoms with Crippen molar-refractivity contribution >= 4 is 46.7 Å². The van der Waals surface area contributed by atoms with Crippen molar-refractivity contribution in [3.05, 3.63) is 33.4 Å². The Morgan fingerprint density at radius 2 is 1.96 bits per heavy atom. The van der Waals surface area contributed by atoms with E-state index in [1.165, 1.54) is 0 Å². The topological polar surface area (TPSA) is 78.8 Å². The minimum atomic E-state index is 0.419. The monoisotopic (exact) mass is 453 g/mol. The molecule has 0 radical (unpaired) electrons. The van der Waals surface area contributed by atoms with Gasteiger partial charge >= 0.3 is 0 Å². The van der Waals surface area contributed by atoms with Crippen LogP contribution >= 0.6 is 22.6 Å². The molecule has 132 valence electrons. The third-order valence-electron chi connectivity index (χ3n) is 3.58. The van der Waals surface area contributed by atoms with Gasteiger partial charge in [0.05, 0.1) is 19.4 Å². The van der Waals surface area contributed by atoms with Gasteiger partial charge in [-0.2, -0.15) is 20.1 Å². The second kappa shape index (κ2) is 8.39. The lowest BCUT2D eigenvalue weighted by Gasteiger charge is -2.27. The van der Waals surface area contributed by atoms with Gasteiger partial charge in [0.25, 0.3) is 0 Å². The van der Waals surface area contributed by atoms with Gasteiger partial charge in [0.15, 0.2) is 0 Å². The Labute approximate surface area is 160 Å². The van der Waals surface area contributed by atoms with Gasteiger partial charge in [-0.25, -0.2) is 5.43 Å². The standard InChI is InChI=1S/C16H20IN7O/c1-23(2)15-19-14(20-16(21-15)24-7-9-25-10-8-24)22-18-11-12-5-3-4-6-13(12)17/h3-6,11H,7-10H2,1-2H3,(H,19,20,21,22). The number of ether oxygens (including phenoxy) is 1. The van der Waals surface area contributed by atoms with Gasteiger partial charge in [-0.05, 0) is 28.7 Å². The van der Waals surface area contributed by atoms with E-state index in [1.54, 1.807) is 6.21 Å². The number of aromatic nitrogens is 3. The molecule has 0 spiro atoms. The summed E-state index contributed by atoms with van der Waals surface area (Å²) in [5, 5.41) is 4.27. The molecular weight excluding hydrogens is 433 g/mol. The van der Waals surface area contributed by atoms with Crippen LogP contribution in [0.2, 0.25) is 0 Å². The van der Waals surface area contributed by atoms with Crippen LogP contribution in [-0.2, 0) is 4.74 Å². The summed E-state index contributed by atoms with van der Waals surface area (Å²) < 4.78 is 6.52. The van der Waals surface area contributed by atoms with Crippen LogP contribution in [0, 0.1) is 3.57 Å². The van der Waals surface area contributed by atoms with E-state index in [4.69, 9.17) is 4.74 Å². The number of rotatable bonds is 5. The van der Waals surface area contributed by atoms with Crippen molar-refractivity contribution in [3.63, 3.8) is 0 Å². The average molecular weight is 453 g/mol. The van der Waals surface area contributed by atoms with Crippen LogP contribution in [0.1, 0.15) is 5.56 Å². The molecule has 1 aliphatic rings. The highest BCUT2D eigenvalue weighted by molar-refractivity contribution is 14.1. The predicted molar refractivity (Wildman–Crippen MR) is 108 cm³/mol. The van der Waals surface area contributed by atoms with Crippen LogP contribution in [-0.4, -0.2) is 61.6 Å². The quantitative estimate of drug-likeness (QED) is 0.421. The fraction of sp³-hybridized carbons (Fsp3) is 0.375. The second-order valence-electron chi connectivity index (χ2n) is 5.64. The first kappa shape index (κ1) is 17.8. The van der Waals surface area contributed by atoms with Crippen LogP contribution < -0.4 is 15.2 Å². The lowest BCUT2D eigenvalue weighted by molar-refractivity contribution is 0.122. The SMILES string of the molecule is CN(C)c1nc(NN=Cc2ccccc2I)nc(N2CCOCC2)n1. The lowest BCUT2D eigenvalue weighted by atomic mass is 10.2. The fourth-order valence-corrected chi connectivity index (χ4v) is 2.77. The Morgan fingerprint density at radius 1 is 1.20 bits per heavy atom. The third-order valence-corrected chi connectivity index (χ3v) is 4.56. The maximum absolute atomic E-state index is 5.39. The summed E-state index contributed by atoms with van der Waals surface area (Å²) in [5.41, 5.74) is 3.95. The minimum absolute atomic E-state index is 0.419. The van der Waals surface area contributed by atoms with E-state index in [2.05, 4.69) is 53.0 Å². The number of anilines is 3. The molecule has 1 aliphatic heterocycles. The highest BCUT2D eigenvalue weighted by atomic mass is 127. The Bertz CT molecular complexity index is 747. The molecule has 0 atom stereocenters. The summed E-state index contributed by atoms with van der Waals surface area (Å²) in [7, 11) is 3.80. The maximum Gasteiger partial charge on any atom is 0.250 e. The molecule has 1 fully saturated rings. The molecule has 1 aromatic heterocycles. The highest BCUT2D eigenvalue weighted by Crippen LogP contribution is 2.16. The van der Waals surface area contributed by atoms with E-state index in [9.17, 15) is 0 Å². The number of benzene rings is 1. The second-order valence-corrected chi connectivity index (χ2v) is 6.81. The van der Waals surface area contributed by atoms with Gasteiger partial charge in [0, 0.05) is 36.3 Å². The zero-order chi connectivity index (χ0) is 17.6. The van der Waals surface area contributed by atoms with Gasteiger partial charge in [0.2, 0.25) is 17.8 Å². The number of halogens is 1. The molecule has 3 rings (SSSR count). The van der Waals surface area contributed by atoms with E-state index >= 15 is 0 Å². The molecule has 25 heavy (non-hydrogen) atoms. The number of hydrogen-bond acceptors (Lipinski definition) is 8. The van der Waals surface area contributed by atoms with E-state index in [0.717, 1.165) is 22.2 Å². The zero-order valence-electron chi connectivity index (χ0n) is 14.2. The molecule has 9 heteroatoms. The number of nitrogens with zero attached hydrogens (tertiary/aromatic N) is 6. The maximum atomic E-state index is 5.39. The summed E-state index contributed by atoms with van der Waals surface area (Å²) in [6, 6.07) is 8.01. The van der Waals surface area contributed by atoms with Crippen LogP contribution in [0.25, 0.3) is 0 Å². The van der Waals surface area contributed by atoms with E-state index < -0.39 is 0 Å². The first-order valence-electron chi connectivity index (χ1n) is 7.93. The minimum Gasteiger partial charge on any atom is -0.378 e. The van der Waals surface area contributed by atoms with Gasteiger partial charge in [-0.3, -0.25) is 0 Å². The van der Waals surface area contributed by atoms with E-state index in [-0.39, 0.29) is 0 Å². The van der Waals surface area contributed by atoms with Crippen molar-refractivity contribution in [3.8, 4) is 0 Å². The van der Waals surface area contributed by atoms with Crippen molar-refractivity contribution < 1.29 is 4.74 Å². The largest absolute Gasteiger partial charge is 0.378 e. The van der Waals surface area contributed by atoms with E-state index in [0.29, 0.717) is 31.1 Å². The smallest absolute Gasteiger partial charge is 0.250 e. The van der Waals surface area contributed by atoms with Gasteiger partial charge in [0.1, 0.15) is 0 Å². The Kier molecular flexibility index (Phi) is 5.97. The molecule has 8 nitrogen and oxygen atoms in total. The Morgan fingerprint density at radius 3 is 2.68 bits per heavy atom. The fourth-order valence-electron chi connectivity index (χ4n) is 2.25. The van der Waals surface area contributed by atoms with Gasteiger partial charge < -0.3 is 14.5 Å². The summed E-state index contributed by atoms with van der Waals surface area (Å²) in [6.07, 6.45) is 1.76. The Balaban J connectivity index is 1.80. The van der Waals surface area contributed by atoms with Crippen molar-refractivity contribution in [2.24, 2.45) is 5.10 Å². The summed E-state index contributed by atoms with van der Waals surface area (Å²) in [4.78, 5) is 17.3. The first-order valence-corrected chi connectivity index (χ1v) is 9.01. The van der Waals surface area contributed by atoms with Crippen LogP contribution in [0.5, 0.6) is 0 Å². The first-order chi connectivity index (χ1) is 12.1. The Hall–Kier alpha value is -2.01. The van der Waals surface area contributed by atoms with Crippen LogP contribution in [0.3, 0.4) is 0 Å². The molecular formula is C16H20IN7O. The number of hydrogen-bond donors (Lipinski definition) is 1. The average Bonchev–Trinajstić information content (AvgIpc) is 2.64.